The molecule has 30 heavy (non-hydrogen) atoms. The molecule has 0 aliphatic carbocycles. The lowest BCUT2D eigenvalue weighted by Gasteiger charge is -2.34. The molecule has 2 N–H and O–H groups in total. The summed E-state index contributed by atoms with van der Waals surface area (Å²) in [7, 11) is 0. The second kappa shape index (κ2) is 9.36. The van der Waals surface area contributed by atoms with Crippen molar-refractivity contribution in [3.63, 3.8) is 0 Å². The second-order valence-electron chi connectivity index (χ2n) is 8.02. The topological polar surface area (TPSA) is 116 Å². The number of rotatable bonds is 7. The van der Waals surface area contributed by atoms with Gasteiger partial charge in [0.15, 0.2) is 0 Å². The van der Waals surface area contributed by atoms with Crippen molar-refractivity contribution in [2.45, 2.75) is 20.3 Å². The number of carbonyl (C=O) groups excluding carboxylic acids is 4. The van der Waals surface area contributed by atoms with E-state index < -0.39 is 29.6 Å². The summed E-state index contributed by atoms with van der Waals surface area (Å²) in [6, 6.07) is 6.44. The number of nitrogens with one attached hydrogen (secondary N) is 1. The molecule has 1 unspecified atom stereocenters. The van der Waals surface area contributed by atoms with Gasteiger partial charge in [-0.2, -0.15) is 0 Å². The minimum atomic E-state index is -1.07. The fraction of sp³-hybridized carbons (Fsp3) is 0.524. The molecular weight excluding hydrogens is 390 g/mol. The standard InChI is InChI=1S/C21H27N3O6/c1-13(2)11-16(19(26)23-7-9-30-10-8-23)17(18(25)22-29)12-24-20(27)14-5-3-4-6-15(14)21(24)28/h3-6,13,16-17,29H,7-12H2,1-2H3,(H,22,25)/t16?,17-/m0/s1. The van der Waals surface area contributed by atoms with Crippen molar-refractivity contribution in [3.05, 3.63) is 35.4 Å². The minimum Gasteiger partial charge on any atom is -0.378 e. The average Bonchev–Trinajstić information content (AvgIpc) is 3.00. The zero-order valence-electron chi connectivity index (χ0n) is 17.2. The highest BCUT2D eigenvalue weighted by Crippen LogP contribution is 2.29. The first-order chi connectivity index (χ1) is 14.3. The van der Waals surface area contributed by atoms with Gasteiger partial charge in [0.05, 0.1) is 36.2 Å². The molecule has 2 heterocycles. The third-order valence-electron chi connectivity index (χ3n) is 5.56. The number of hydroxylamine groups is 1. The first-order valence-corrected chi connectivity index (χ1v) is 10.1. The Morgan fingerprint density at radius 2 is 1.63 bits per heavy atom. The quantitative estimate of drug-likeness (QED) is 0.387. The first-order valence-electron chi connectivity index (χ1n) is 10.1. The van der Waals surface area contributed by atoms with E-state index in [9.17, 15) is 24.4 Å². The molecule has 1 aromatic carbocycles. The zero-order chi connectivity index (χ0) is 21.8. The smallest absolute Gasteiger partial charge is 0.261 e. The summed E-state index contributed by atoms with van der Waals surface area (Å²) < 4.78 is 5.30. The summed E-state index contributed by atoms with van der Waals surface area (Å²) in [5.41, 5.74) is 2.16. The van der Waals surface area contributed by atoms with Gasteiger partial charge in [-0.15, -0.1) is 0 Å². The number of hydrogen-bond acceptors (Lipinski definition) is 6. The summed E-state index contributed by atoms with van der Waals surface area (Å²) >= 11 is 0. The van der Waals surface area contributed by atoms with Gasteiger partial charge in [0, 0.05) is 19.6 Å². The van der Waals surface area contributed by atoms with Crippen LogP contribution in [-0.2, 0) is 14.3 Å². The summed E-state index contributed by atoms with van der Waals surface area (Å²) in [4.78, 5) is 54.0. The van der Waals surface area contributed by atoms with Crippen molar-refractivity contribution in [3.8, 4) is 0 Å². The van der Waals surface area contributed by atoms with Crippen LogP contribution in [0, 0.1) is 17.8 Å². The number of imide groups is 1. The van der Waals surface area contributed by atoms with Crippen LogP contribution in [0.25, 0.3) is 0 Å². The maximum absolute atomic E-state index is 13.3. The largest absolute Gasteiger partial charge is 0.378 e. The Balaban J connectivity index is 1.89. The van der Waals surface area contributed by atoms with Crippen LogP contribution in [0.1, 0.15) is 41.0 Å². The van der Waals surface area contributed by atoms with E-state index in [0.717, 1.165) is 4.90 Å². The molecule has 2 aliphatic rings. The lowest BCUT2D eigenvalue weighted by atomic mass is 9.83. The molecule has 0 aromatic heterocycles. The Morgan fingerprint density at radius 1 is 1.07 bits per heavy atom. The first kappa shape index (κ1) is 21.9. The summed E-state index contributed by atoms with van der Waals surface area (Å²) in [6.07, 6.45) is 0.372. The van der Waals surface area contributed by atoms with Gasteiger partial charge < -0.3 is 9.64 Å². The Morgan fingerprint density at radius 3 is 2.13 bits per heavy atom. The molecule has 9 heteroatoms. The molecule has 1 fully saturated rings. The number of morpholine rings is 1. The van der Waals surface area contributed by atoms with Gasteiger partial charge in [-0.25, -0.2) is 5.48 Å². The number of carbonyl (C=O) groups is 4. The lowest BCUT2D eigenvalue weighted by molar-refractivity contribution is -0.148. The van der Waals surface area contributed by atoms with Crippen molar-refractivity contribution in [1.82, 2.24) is 15.3 Å². The van der Waals surface area contributed by atoms with Crippen molar-refractivity contribution < 1.29 is 29.1 Å². The Kier molecular flexibility index (Phi) is 6.84. The molecular formula is C21H27N3O6. The van der Waals surface area contributed by atoms with E-state index in [2.05, 4.69) is 0 Å². The molecule has 0 bridgehead atoms. The molecule has 9 nitrogen and oxygen atoms in total. The molecule has 2 aliphatic heterocycles. The van der Waals surface area contributed by atoms with E-state index in [4.69, 9.17) is 4.74 Å². The molecule has 162 valence electrons. The number of amides is 4. The highest BCUT2D eigenvalue weighted by atomic mass is 16.5. The van der Waals surface area contributed by atoms with Gasteiger partial charge in [0.25, 0.3) is 11.8 Å². The summed E-state index contributed by atoms with van der Waals surface area (Å²) in [6.45, 7) is 5.21. The number of ether oxygens (including phenoxy) is 1. The van der Waals surface area contributed by atoms with Crippen molar-refractivity contribution in [1.29, 1.82) is 0 Å². The Hall–Kier alpha value is -2.78. The lowest BCUT2D eigenvalue weighted by Crippen LogP contribution is -2.51. The fourth-order valence-corrected chi connectivity index (χ4v) is 4.04. The minimum absolute atomic E-state index is 0.0798. The SMILES string of the molecule is CC(C)CC(C(=O)N1CCOCC1)[C@H](CN1C(=O)c2ccccc2C1=O)C(=O)NO. The van der Waals surface area contributed by atoms with E-state index >= 15 is 0 Å². The van der Waals surface area contributed by atoms with Crippen LogP contribution >= 0.6 is 0 Å². The second-order valence-corrected chi connectivity index (χ2v) is 8.02. The van der Waals surface area contributed by atoms with Crippen LogP contribution in [0.15, 0.2) is 24.3 Å². The molecule has 1 saturated heterocycles. The highest BCUT2D eigenvalue weighted by molar-refractivity contribution is 6.21. The molecule has 1 aromatic rings. The molecule has 2 atom stereocenters. The van der Waals surface area contributed by atoms with Crippen LogP contribution in [0.2, 0.25) is 0 Å². The van der Waals surface area contributed by atoms with E-state index in [0.29, 0.717) is 32.7 Å². The number of nitrogens with zero attached hydrogens (tertiary/aromatic N) is 2. The predicted molar refractivity (Wildman–Crippen MR) is 106 cm³/mol. The predicted octanol–water partition coefficient (Wildman–Crippen LogP) is 0.925. The summed E-state index contributed by atoms with van der Waals surface area (Å²) in [5.74, 6) is -3.83. The number of fused-ring (bicyclic) bond motifs is 1. The van der Waals surface area contributed by atoms with Gasteiger partial charge in [-0.3, -0.25) is 29.3 Å². The van der Waals surface area contributed by atoms with Crippen LogP contribution < -0.4 is 5.48 Å². The van der Waals surface area contributed by atoms with E-state index in [-0.39, 0.29) is 29.5 Å². The molecule has 0 spiro atoms. The molecule has 3 rings (SSSR count). The highest BCUT2D eigenvalue weighted by Gasteiger charge is 2.43. The van der Waals surface area contributed by atoms with Gasteiger partial charge in [-0.05, 0) is 24.5 Å². The Bertz CT molecular complexity index is 799. The van der Waals surface area contributed by atoms with Crippen molar-refractivity contribution in [2.24, 2.45) is 17.8 Å². The third-order valence-corrected chi connectivity index (χ3v) is 5.56. The van der Waals surface area contributed by atoms with Crippen LogP contribution in [0.4, 0.5) is 0 Å². The molecule has 0 saturated carbocycles. The zero-order valence-corrected chi connectivity index (χ0v) is 17.2. The van der Waals surface area contributed by atoms with E-state index in [1.807, 2.05) is 13.8 Å². The van der Waals surface area contributed by atoms with Crippen molar-refractivity contribution >= 4 is 23.6 Å². The number of hydrogen-bond donors (Lipinski definition) is 2. The monoisotopic (exact) mass is 417 g/mol. The maximum Gasteiger partial charge on any atom is 0.261 e. The van der Waals surface area contributed by atoms with Gasteiger partial charge >= 0.3 is 0 Å². The normalized spacial score (nSPS) is 18.4. The molecule has 0 radical (unpaired) electrons. The molecule has 4 amide bonds. The van der Waals surface area contributed by atoms with Crippen LogP contribution in [-0.4, -0.2) is 71.5 Å². The third kappa shape index (κ3) is 4.36. The van der Waals surface area contributed by atoms with E-state index in [1.54, 1.807) is 34.6 Å². The fourth-order valence-electron chi connectivity index (χ4n) is 4.04. The van der Waals surface area contributed by atoms with Gasteiger partial charge in [0.1, 0.15) is 0 Å². The van der Waals surface area contributed by atoms with Crippen LogP contribution in [0.3, 0.4) is 0 Å². The van der Waals surface area contributed by atoms with Crippen molar-refractivity contribution in [2.75, 3.05) is 32.8 Å². The maximum atomic E-state index is 13.3. The van der Waals surface area contributed by atoms with Crippen LogP contribution in [0.5, 0.6) is 0 Å². The van der Waals surface area contributed by atoms with Gasteiger partial charge in [0.2, 0.25) is 11.8 Å². The summed E-state index contributed by atoms with van der Waals surface area (Å²) in [5, 5.41) is 9.33. The Labute approximate surface area is 174 Å². The average molecular weight is 417 g/mol. The van der Waals surface area contributed by atoms with Gasteiger partial charge in [-0.1, -0.05) is 26.0 Å². The van der Waals surface area contributed by atoms with E-state index in [1.165, 1.54) is 0 Å². The number of benzene rings is 1.